The molecule has 2 rings (SSSR count). The SMILES string of the molecule is CS(=O)(=O)c1cccc(C(O)c2ccccc2F)c1. The van der Waals surface area contributed by atoms with Gasteiger partial charge in [-0.2, -0.15) is 0 Å². The molecule has 3 nitrogen and oxygen atoms in total. The van der Waals surface area contributed by atoms with Gasteiger partial charge in [-0.1, -0.05) is 30.3 Å². The highest BCUT2D eigenvalue weighted by Gasteiger charge is 2.16. The molecule has 0 aliphatic heterocycles. The third-order valence-electron chi connectivity index (χ3n) is 2.80. The molecule has 0 heterocycles. The van der Waals surface area contributed by atoms with Crippen molar-refractivity contribution in [2.75, 3.05) is 6.26 Å². The lowest BCUT2D eigenvalue weighted by Gasteiger charge is -2.13. The Labute approximate surface area is 111 Å². The van der Waals surface area contributed by atoms with Gasteiger partial charge in [0.15, 0.2) is 9.84 Å². The Bertz CT molecular complexity index is 695. The highest BCUT2D eigenvalue weighted by atomic mass is 32.2. The van der Waals surface area contributed by atoms with Gasteiger partial charge < -0.3 is 5.11 Å². The minimum Gasteiger partial charge on any atom is -0.384 e. The summed E-state index contributed by atoms with van der Waals surface area (Å²) in [6, 6.07) is 11.7. The Morgan fingerprint density at radius 3 is 2.42 bits per heavy atom. The van der Waals surface area contributed by atoms with E-state index in [0.29, 0.717) is 5.56 Å². The number of halogens is 1. The molecule has 5 heteroatoms. The Morgan fingerprint density at radius 2 is 1.79 bits per heavy atom. The van der Waals surface area contributed by atoms with E-state index in [0.717, 1.165) is 6.26 Å². The molecule has 100 valence electrons. The summed E-state index contributed by atoms with van der Waals surface area (Å²) in [5.41, 5.74) is 0.459. The fourth-order valence-electron chi connectivity index (χ4n) is 1.79. The van der Waals surface area contributed by atoms with Gasteiger partial charge >= 0.3 is 0 Å². The Hall–Kier alpha value is -1.72. The van der Waals surface area contributed by atoms with E-state index in [1.54, 1.807) is 12.1 Å². The maximum Gasteiger partial charge on any atom is 0.175 e. The van der Waals surface area contributed by atoms with Crippen LogP contribution in [0.25, 0.3) is 0 Å². The highest BCUT2D eigenvalue weighted by Crippen LogP contribution is 2.25. The molecule has 0 aromatic heterocycles. The summed E-state index contributed by atoms with van der Waals surface area (Å²) in [4.78, 5) is 0.0976. The first-order chi connectivity index (χ1) is 8.89. The quantitative estimate of drug-likeness (QED) is 0.938. The van der Waals surface area contributed by atoms with Crippen LogP contribution in [0.2, 0.25) is 0 Å². The number of hydrogen-bond donors (Lipinski definition) is 1. The third-order valence-corrected chi connectivity index (χ3v) is 3.91. The summed E-state index contributed by atoms with van der Waals surface area (Å²) in [7, 11) is -3.36. The fraction of sp³-hybridized carbons (Fsp3) is 0.143. The lowest BCUT2D eigenvalue weighted by atomic mass is 10.0. The van der Waals surface area contributed by atoms with E-state index < -0.39 is 21.8 Å². The van der Waals surface area contributed by atoms with Gasteiger partial charge in [-0.05, 0) is 23.8 Å². The van der Waals surface area contributed by atoms with Crippen molar-refractivity contribution in [1.29, 1.82) is 0 Å². The molecule has 0 saturated heterocycles. The van der Waals surface area contributed by atoms with Crippen molar-refractivity contribution in [3.05, 3.63) is 65.5 Å². The van der Waals surface area contributed by atoms with Gasteiger partial charge in [-0.3, -0.25) is 0 Å². The zero-order valence-corrected chi connectivity index (χ0v) is 11.1. The van der Waals surface area contributed by atoms with Gasteiger partial charge in [-0.25, -0.2) is 12.8 Å². The van der Waals surface area contributed by atoms with Crippen LogP contribution in [0.15, 0.2) is 53.4 Å². The zero-order valence-electron chi connectivity index (χ0n) is 10.2. The predicted octanol–water partition coefficient (Wildman–Crippen LogP) is 2.31. The topological polar surface area (TPSA) is 54.4 Å². The van der Waals surface area contributed by atoms with Crippen molar-refractivity contribution in [3.8, 4) is 0 Å². The number of rotatable bonds is 3. The number of aliphatic hydroxyl groups excluding tert-OH is 1. The van der Waals surface area contributed by atoms with Crippen LogP contribution in [0, 0.1) is 5.82 Å². The van der Waals surface area contributed by atoms with Gasteiger partial charge in [0.2, 0.25) is 0 Å². The maximum absolute atomic E-state index is 13.6. The summed E-state index contributed by atoms with van der Waals surface area (Å²) in [6.45, 7) is 0. The molecule has 1 unspecified atom stereocenters. The molecule has 0 bridgehead atoms. The highest BCUT2D eigenvalue weighted by molar-refractivity contribution is 7.90. The largest absolute Gasteiger partial charge is 0.384 e. The van der Waals surface area contributed by atoms with Crippen molar-refractivity contribution in [2.24, 2.45) is 0 Å². The Morgan fingerprint density at radius 1 is 1.11 bits per heavy atom. The maximum atomic E-state index is 13.6. The van der Waals surface area contributed by atoms with Gasteiger partial charge in [0, 0.05) is 11.8 Å². The van der Waals surface area contributed by atoms with Crippen LogP contribution in [0.3, 0.4) is 0 Å². The molecule has 0 saturated carbocycles. The second kappa shape index (κ2) is 5.11. The molecular weight excluding hydrogens is 267 g/mol. The number of sulfone groups is 1. The average molecular weight is 280 g/mol. The number of aliphatic hydroxyl groups is 1. The molecule has 0 aliphatic rings. The van der Waals surface area contributed by atoms with E-state index in [-0.39, 0.29) is 10.5 Å². The van der Waals surface area contributed by atoms with Gasteiger partial charge in [0.25, 0.3) is 0 Å². The summed E-state index contributed by atoms with van der Waals surface area (Å²) in [5.74, 6) is -0.528. The first-order valence-corrected chi connectivity index (χ1v) is 7.51. The van der Waals surface area contributed by atoms with Crippen molar-refractivity contribution >= 4 is 9.84 Å². The standard InChI is InChI=1S/C14H13FO3S/c1-19(17,18)11-6-4-5-10(9-11)14(16)12-7-2-3-8-13(12)15/h2-9,14,16H,1H3. The van der Waals surface area contributed by atoms with Crippen LogP contribution < -0.4 is 0 Å². The second-order valence-corrected chi connectivity index (χ2v) is 6.28. The molecule has 0 spiro atoms. The van der Waals surface area contributed by atoms with E-state index in [1.165, 1.54) is 36.4 Å². The molecule has 1 N–H and O–H groups in total. The molecule has 0 aliphatic carbocycles. The lowest BCUT2D eigenvalue weighted by molar-refractivity contribution is 0.214. The zero-order chi connectivity index (χ0) is 14.0. The smallest absolute Gasteiger partial charge is 0.175 e. The minimum atomic E-state index is -3.36. The van der Waals surface area contributed by atoms with Crippen molar-refractivity contribution in [3.63, 3.8) is 0 Å². The van der Waals surface area contributed by atoms with E-state index in [1.807, 2.05) is 0 Å². The molecule has 0 fully saturated rings. The molecule has 2 aromatic carbocycles. The van der Waals surface area contributed by atoms with E-state index in [9.17, 15) is 17.9 Å². The van der Waals surface area contributed by atoms with Crippen molar-refractivity contribution in [1.82, 2.24) is 0 Å². The van der Waals surface area contributed by atoms with Crippen LogP contribution >= 0.6 is 0 Å². The third kappa shape index (κ3) is 3.00. The molecule has 1 atom stereocenters. The van der Waals surface area contributed by atoms with Crippen LogP contribution in [0.5, 0.6) is 0 Å². The molecular formula is C14H13FO3S. The van der Waals surface area contributed by atoms with Crippen molar-refractivity contribution in [2.45, 2.75) is 11.0 Å². The van der Waals surface area contributed by atoms with Crippen LogP contribution in [0.4, 0.5) is 4.39 Å². The van der Waals surface area contributed by atoms with E-state index in [4.69, 9.17) is 0 Å². The fourth-order valence-corrected chi connectivity index (χ4v) is 2.47. The Balaban J connectivity index is 2.46. The number of benzene rings is 2. The Kier molecular flexibility index (Phi) is 3.68. The number of hydrogen-bond acceptors (Lipinski definition) is 3. The van der Waals surface area contributed by atoms with Crippen LogP contribution in [0.1, 0.15) is 17.2 Å². The second-order valence-electron chi connectivity index (χ2n) is 4.27. The summed E-state index contributed by atoms with van der Waals surface area (Å²) < 4.78 is 36.5. The normalized spacial score (nSPS) is 13.2. The van der Waals surface area contributed by atoms with Crippen molar-refractivity contribution < 1.29 is 17.9 Å². The molecule has 2 aromatic rings. The summed E-state index contributed by atoms with van der Waals surface area (Å²) >= 11 is 0. The van der Waals surface area contributed by atoms with Gasteiger partial charge in [0.05, 0.1) is 4.90 Å². The van der Waals surface area contributed by atoms with Crippen LogP contribution in [-0.2, 0) is 9.84 Å². The summed E-state index contributed by atoms with van der Waals surface area (Å²) in [5, 5.41) is 10.1. The molecule has 19 heavy (non-hydrogen) atoms. The van der Waals surface area contributed by atoms with Gasteiger partial charge in [-0.15, -0.1) is 0 Å². The molecule has 0 amide bonds. The van der Waals surface area contributed by atoms with Crippen LogP contribution in [-0.4, -0.2) is 19.8 Å². The van der Waals surface area contributed by atoms with Gasteiger partial charge in [0.1, 0.15) is 11.9 Å². The minimum absolute atomic E-state index is 0.0976. The average Bonchev–Trinajstić information content (AvgIpc) is 2.38. The first kappa shape index (κ1) is 13.7. The summed E-state index contributed by atoms with van der Waals surface area (Å²) in [6.07, 6.45) is -0.107. The van der Waals surface area contributed by atoms with E-state index >= 15 is 0 Å². The monoisotopic (exact) mass is 280 g/mol. The molecule has 0 radical (unpaired) electrons. The van der Waals surface area contributed by atoms with E-state index in [2.05, 4.69) is 0 Å². The lowest BCUT2D eigenvalue weighted by Crippen LogP contribution is -2.04. The predicted molar refractivity (Wildman–Crippen MR) is 70.0 cm³/mol. The first-order valence-electron chi connectivity index (χ1n) is 5.62.